The van der Waals surface area contributed by atoms with Crippen LogP contribution in [0.15, 0.2) is 30.6 Å². The smallest absolute Gasteiger partial charge is 0.240 e. The Labute approximate surface area is 118 Å². The Bertz CT molecular complexity index is 587. The first-order chi connectivity index (χ1) is 9.61. The molecule has 2 aromatic rings. The number of aromatic nitrogens is 2. The molecule has 106 valence electrons. The Morgan fingerprint density at radius 1 is 1.25 bits per heavy atom. The standard InChI is InChI=1S/C15H18FN3O/c1-10(2)19-9-11-4-5-13(16)12(8-11)14-15(20-3)18-7-6-17-14/h4-8,10,19H,9H2,1-3H3. The fourth-order valence-electron chi connectivity index (χ4n) is 1.85. The number of nitrogens with one attached hydrogen (secondary N) is 1. The molecule has 0 unspecified atom stereocenters. The number of methoxy groups -OCH3 is 1. The minimum absolute atomic E-state index is 0.320. The number of hydrogen-bond acceptors (Lipinski definition) is 4. The van der Waals surface area contributed by atoms with Crippen LogP contribution in [0.25, 0.3) is 11.3 Å². The highest BCUT2D eigenvalue weighted by Crippen LogP contribution is 2.28. The highest BCUT2D eigenvalue weighted by atomic mass is 19.1. The van der Waals surface area contributed by atoms with Gasteiger partial charge in [-0.2, -0.15) is 0 Å². The van der Waals surface area contributed by atoms with Crippen molar-refractivity contribution < 1.29 is 9.13 Å². The molecule has 0 atom stereocenters. The van der Waals surface area contributed by atoms with Crippen LogP contribution in [0.3, 0.4) is 0 Å². The van der Waals surface area contributed by atoms with Crippen LogP contribution in [-0.2, 0) is 6.54 Å². The van der Waals surface area contributed by atoms with Crippen LogP contribution in [0.1, 0.15) is 19.4 Å². The van der Waals surface area contributed by atoms with Crippen molar-refractivity contribution in [3.63, 3.8) is 0 Å². The first kappa shape index (κ1) is 14.4. The van der Waals surface area contributed by atoms with Crippen molar-refractivity contribution in [2.75, 3.05) is 7.11 Å². The molecule has 2 rings (SSSR count). The summed E-state index contributed by atoms with van der Waals surface area (Å²) in [5.74, 6) is -0.0162. The van der Waals surface area contributed by atoms with Crippen LogP contribution in [-0.4, -0.2) is 23.1 Å². The van der Waals surface area contributed by atoms with E-state index in [9.17, 15) is 4.39 Å². The van der Waals surface area contributed by atoms with Gasteiger partial charge in [-0.1, -0.05) is 19.9 Å². The molecule has 0 aliphatic rings. The Kier molecular flexibility index (Phi) is 4.63. The zero-order valence-electron chi connectivity index (χ0n) is 11.9. The summed E-state index contributed by atoms with van der Waals surface area (Å²) in [4.78, 5) is 8.22. The molecule has 0 saturated heterocycles. The van der Waals surface area contributed by atoms with Crippen molar-refractivity contribution in [1.29, 1.82) is 0 Å². The van der Waals surface area contributed by atoms with Crippen LogP contribution in [0.2, 0.25) is 0 Å². The second-order valence-corrected chi connectivity index (χ2v) is 4.76. The van der Waals surface area contributed by atoms with Crippen molar-refractivity contribution >= 4 is 0 Å². The molecule has 0 aliphatic heterocycles. The van der Waals surface area contributed by atoms with E-state index in [4.69, 9.17) is 4.74 Å². The highest BCUT2D eigenvalue weighted by molar-refractivity contribution is 5.65. The van der Waals surface area contributed by atoms with Gasteiger partial charge in [-0.05, 0) is 17.7 Å². The largest absolute Gasteiger partial charge is 0.479 e. The molecule has 1 N–H and O–H groups in total. The molecule has 5 heteroatoms. The van der Waals surface area contributed by atoms with Crippen LogP contribution in [0, 0.1) is 5.82 Å². The fourth-order valence-corrected chi connectivity index (χ4v) is 1.85. The third-order valence-corrected chi connectivity index (χ3v) is 2.86. The van der Waals surface area contributed by atoms with Crippen molar-refractivity contribution in [3.05, 3.63) is 42.0 Å². The van der Waals surface area contributed by atoms with E-state index < -0.39 is 0 Å². The van der Waals surface area contributed by atoms with Gasteiger partial charge in [0.1, 0.15) is 11.5 Å². The maximum atomic E-state index is 14.0. The average Bonchev–Trinajstić information content (AvgIpc) is 2.46. The van der Waals surface area contributed by atoms with E-state index in [1.54, 1.807) is 12.1 Å². The number of nitrogens with zero attached hydrogens (tertiary/aromatic N) is 2. The first-order valence-electron chi connectivity index (χ1n) is 6.49. The van der Waals surface area contributed by atoms with Crippen LogP contribution in [0.5, 0.6) is 5.88 Å². The quantitative estimate of drug-likeness (QED) is 0.911. The predicted octanol–water partition coefficient (Wildman–Crippen LogP) is 2.79. The minimum Gasteiger partial charge on any atom is -0.479 e. The van der Waals surface area contributed by atoms with Gasteiger partial charge >= 0.3 is 0 Å². The van der Waals surface area contributed by atoms with Crippen LogP contribution in [0.4, 0.5) is 4.39 Å². The summed E-state index contributed by atoms with van der Waals surface area (Å²) in [5, 5.41) is 3.30. The maximum Gasteiger partial charge on any atom is 0.240 e. The van der Waals surface area contributed by atoms with Gasteiger partial charge in [0.25, 0.3) is 0 Å². The van der Waals surface area contributed by atoms with E-state index in [1.807, 2.05) is 0 Å². The number of benzene rings is 1. The lowest BCUT2D eigenvalue weighted by molar-refractivity contribution is 0.397. The molecule has 1 heterocycles. The third kappa shape index (κ3) is 3.30. The van der Waals surface area contributed by atoms with Gasteiger partial charge in [-0.15, -0.1) is 0 Å². The average molecular weight is 275 g/mol. The molecular weight excluding hydrogens is 257 g/mol. The Morgan fingerprint density at radius 3 is 2.70 bits per heavy atom. The normalized spacial score (nSPS) is 10.8. The molecule has 0 saturated carbocycles. The second kappa shape index (κ2) is 6.43. The van der Waals surface area contributed by atoms with Gasteiger partial charge in [0.2, 0.25) is 5.88 Å². The molecule has 20 heavy (non-hydrogen) atoms. The Morgan fingerprint density at radius 2 is 2.00 bits per heavy atom. The fraction of sp³-hybridized carbons (Fsp3) is 0.333. The summed E-state index contributed by atoms with van der Waals surface area (Å²) in [5.41, 5.74) is 1.81. The van der Waals surface area contributed by atoms with E-state index in [2.05, 4.69) is 29.1 Å². The zero-order valence-corrected chi connectivity index (χ0v) is 11.9. The third-order valence-electron chi connectivity index (χ3n) is 2.86. The first-order valence-corrected chi connectivity index (χ1v) is 6.49. The van der Waals surface area contributed by atoms with Gasteiger partial charge in [0, 0.05) is 30.5 Å². The Balaban J connectivity index is 2.37. The maximum absolute atomic E-state index is 14.0. The van der Waals surface area contributed by atoms with E-state index in [1.165, 1.54) is 25.6 Å². The monoisotopic (exact) mass is 275 g/mol. The molecule has 0 spiro atoms. The van der Waals surface area contributed by atoms with Gasteiger partial charge in [0.15, 0.2) is 0 Å². The van der Waals surface area contributed by atoms with Crippen molar-refractivity contribution in [3.8, 4) is 17.1 Å². The number of ether oxygens (including phenoxy) is 1. The van der Waals surface area contributed by atoms with Crippen LogP contribution < -0.4 is 10.1 Å². The minimum atomic E-state index is -0.336. The summed E-state index contributed by atoms with van der Waals surface area (Å²) in [6, 6.07) is 5.35. The van der Waals surface area contributed by atoms with E-state index >= 15 is 0 Å². The topological polar surface area (TPSA) is 47.0 Å². The summed E-state index contributed by atoms with van der Waals surface area (Å²) in [6.45, 7) is 4.81. The summed E-state index contributed by atoms with van der Waals surface area (Å²) in [7, 11) is 1.50. The number of halogens is 1. The van der Waals surface area contributed by atoms with Crippen molar-refractivity contribution in [2.45, 2.75) is 26.4 Å². The molecule has 0 bridgehead atoms. The molecule has 0 fully saturated rings. The molecule has 0 amide bonds. The van der Waals surface area contributed by atoms with Crippen LogP contribution >= 0.6 is 0 Å². The highest BCUT2D eigenvalue weighted by Gasteiger charge is 2.13. The lowest BCUT2D eigenvalue weighted by Crippen LogP contribution is -2.21. The molecular formula is C15H18FN3O. The number of hydrogen-bond donors (Lipinski definition) is 1. The summed E-state index contributed by atoms with van der Waals surface area (Å²) >= 11 is 0. The number of rotatable bonds is 5. The molecule has 1 aromatic carbocycles. The zero-order chi connectivity index (χ0) is 14.5. The van der Waals surface area contributed by atoms with Crippen molar-refractivity contribution in [1.82, 2.24) is 15.3 Å². The Hall–Kier alpha value is -2.01. The van der Waals surface area contributed by atoms with Gasteiger partial charge in [0.05, 0.1) is 7.11 Å². The van der Waals surface area contributed by atoms with Gasteiger partial charge < -0.3 is 10.1 Å². The SMILES string of the molecule is COc1nccnc1-c1cc(CNC(C)C)ccc1F. The lowest BCUT2D eigenvalue weighted by atomic mass is 10.1. The molecule has 0 aliphatic carbocycles. The summed E-state index contributed by atoms with van der Waals surface area (Å²) in [6.07, 6.45) is 3.04. The summed E-state index contributed by atoms with van der Waals surface area (Å²) < 4.78 is 19.2. The van der Waals surface area contributed by atoms with Gasteiger partial charge in [-0.3, -0.25) is 0 Å². The second-order valence-electron chi connectivity index (χ2n) is 4.76. The van der Waals surface area contributed by atoms with E-state index in [-0.39, 0.29) is 5.82 Å². The molecule has 0 radical (unpaired) electrons. The predicted molar refractivity (Wildman–Crippen MR) is 76.0 cm³/mol. The molecule has 1 aromatic heterocycles. The van der Waals surface area contributed by atoms with Gasteiger partial charge in [-0.25, -0.2) is 14.4 Å². The molecule has 4 nitrogen and oxygen atoms in total. The van der Waals surface area contributed by atoms with Crippen molar-refractivity contribution in [2.24, 2.45) is 0 Å². The van der Waals surface area contributed by atoms with E-state index in [0.717, 1.165) is 5.56 Å². The lowest BCUT2D eigenvalue weighted by Gasteiger charge is -2.11. The van der Waals surface area contributed by atoms with E-state index in [0.29, 0.717) is 29.7 Å².